The number of methoxy groups -OCH3 is 2. The first-order chi connectivity index (χ1) is 8.74. The molecule has 0 aliphatic carbocycles. The summed E-state index contributed by atoms with van der Waals surface area (Å²) in [7, 11) is 3.16. The normalized spacial score (nSPS) is 14.4. The van der Waals surface area contributed by atoms with E-state index in [1.165, 1.54) is 0 Å². The summed E-state index contributed by atoms with van der Waals surface area (Å²) in [6, 6.07) is 5.25. The first-order valence-corrected chi connectivity index (χ1v) is 6.02. The van der Waals surface area contributed by atoms with Gasteiger partial charge in [-0.1, -0.05) is 0 Å². The number of hydrogen-bond donors (Lipinski definition) is 1. The molecule has 1 aromatic carbocycles. The van der Waals surface area contributed by atoms with Crippen molar-refractivity contribution in [1.29, 1.82) is 0 Å². The number of hydrogen-bond acceptors (Lipinski definition) is 3. The van der Waals surface area contributed by atoms with Crippen LogP contribution in [0.4, 0.5) is 10.5 Å². The summed E-state index contributed by atoms with van der Waals surface area (Å²) < 4.78 is 10.4. The number of ether oxygens (including phenoxy) is 2. The molecule has 5 nitrogen and oxygen atoms in total. The Bertz CT molecular complexity index is 428. The Labute approximate surface area is 107 Å². The minimum Gasteiger partial charge on any atom is -0.497 e. The lowest BCUT2D eigenvalue weighted by molar-refractivity contribution is 0.222. The van der Waals surface area contributed by atoms with Gasteiger partial charge in [0.2, 0.25) is 0 Å². The second-order valence-corrected chi connectivity index (χ2v) is 4.19. The molecular formula is C13H18N2O3. The smallest absolute Gasteiger partial charge is 0.321 e. The number of nitrogens with one attached hydrogen (secondary N) is 1. The van der Waals surface area contributed by atoms with E-state index in [2.05, 4.69) is 5.32 Å². The van der Waals surface area contributed by atoms with Crippen molar-refractivity contribution in [3.8, 4) is 11.5 Å². The van der Waals surface area contributed by atoms with Gasteiger partial charge in [0.25, 0.3) is 0 Å². The molecule has 5 heteroatoms. The van der Waals surface area contributed by atoms with E-state index >= 15 is 0 Å². The highest BCUT2D eigenvalue weighted by molar-refractivity contribution is 5.91. The molecule has 0 atom stereocenters. The maximum atomic E-state index is 12.0. The zero-order valence-corrected chi connectivity index (χ0v) is 10.7. The van der Waals surface area contributed by atoms with Gasteiger partial charge in [-0.05, 0) is 25.0 Å². The van der Waals surface area contributed by atoms with Gasteiger partial charge in [-0.15, -0.1) is 0 Å². The predicted molar refractivity (Wildman–Crippen MR) is 69.4 cm³/mol. The topological polar surface area (TPSA) is 50.8 Å². The summed E-state index contributed by atoms with van der Waals surface area (Å²) in [6.45, 7) is 1.65. The largest absolute Gasteiger partial charge is 0.497 e. The Balaban J connectivity index is 2.10. The van der Waals surface area contributed by atoms with E-state index in [0.29, 0.717) is 17.2 Å². The lowest BCUT2D eigenvalue weighted by Crippen LogP contribution is -2.32. The summed E-state index contributed by atoms with van der Waals surface area (Å²) in [5.41, 5.74) is 0.662. The molecule has 0 aromatic heterocycles. The Morgan fingerprint density at radius 1 is 1.22 bits per heavy atom. The van der Waals surface area contributed by atoms with Crippen LogP contribution < -0.4 is 14.8 Å². The number of amides is 2. The molecule has 18 heavy (non-hydrogen) atoms. The van der Waals surface area contributed by atoms with E-state index in [4.69, 9.17) is 9.47 Å². The van der Waals surface area contributed by atoms with Crippen molar-refractivity contribution in [3.63, 3.8) is 0 Å². The standard InChI is InChI=1S/C13H18N2O3/c1-17-10-5-6-11(12(9-10)18-2)14-13(16)15-7-3-4-8-15/h5-6,9H,3-4,7-8H2,1-2H3,(H,14,16). The zero-order chi connectivity index (χ0) is 13.0. The fourth-order valence-electron chi connectivity index (χ4n) is 2.02. The molecule has 1 aliphatic heterocycles. The number of rotatable bonds is 3. The molecule has 1 aliphatic rings. The number of nitrogens with zero attached hydrogens (tertiary/aromatic N) is 1. The van der Waals surface area contributed by atoms with Gasteiger partial charge >= 0.3 is 6.03 Å². The minimum atomic E-state index is -0.0732. The van der Waals surface area contributed by atoms with E-state index in [-0.39, 0.29) is 6.03 Å². The van der Waals surface area contributed by atoms with Crippen molar-refractivity contribution >= 4 is 11.7 Å². The first-order valence-electron chi connectivity index (χ1n) is 6.02. The van der Waals surface area contributed by atoms with Crippen LogP contribution in [0.1, 0.15) is 12.8 Å². The van der Waals surface area contributed by atoms with E-state index < -0.39 is 0 Å². The van der Waals surface area contributed by atoms with Gasteiger partial charge in [-0.2, -0.15) is 0 Å². The number of benzene rings is 1. The molecule has 98 valence electrons. The Morgan fingerprint density at radius 2 is 1.94 bits per heavy atom. The summed E-state index contributed by atoms with van der Waals surface area (Å²) in [4.78, 5) is 13.8. The molecule has 1 heterocycles. The van der Waals surface area contributed by atoms with Crippen LogP contribution in [0.5, 0.6) is 11.5 Å². The highest BCUT2D eigenvalue weighted by atomic mass is 16.5. The molecule has 1 aromatic rings. The number of carbonyl (C=O) groups excluding carboxylic acids is 1. The number of anilines is 1. The van der Waals surface area contributed by atoms with Gasteiger partial charge in [0, 0.05) is 19.2 Å². The van der Waals surface area contributed by atoms with Crippen molar-refractivity contribution in [3.05, 3.63) is 18.2 Å². The number of likely N-dealkylation sites (tertiary alicyclic amines) is 1. The van der Waals surface area contributed by atoms with Crippen molar-refractivity contribution in [2.75, 3.05) is 32.6 Å². The van der Waals surface area contributed by atoms with Gasteiger partial charge in [0.15, 0.2) is 0 Å². The second-order valence-electron chi connectivity index (χ2n) is 4.19. The molecule has 0 bridgehead atoms. The maximum Gasteiger partial charge on any atom is 0.321 e. The maximum absolute atomic E-state index is 12.0. The molecule has 1 saturated heterocycles. The lowest BCUT2D eigenvalue weighted by atomic mass is 10.2. The third-order valence-corrected chi connectivity index (χ3v) is 3.04. The summed E-state index contributed by atoms with van der Waals surface area (Å²) in [5.74, 6) is 1.30. The van der Waals surface area contributed by atoms with E-state index in [1.807, 2.05) is 4.90 Å². The van der Waals surface area contributed by atoms with Crippen LogP contribution in [0.15, 0.2) is 18.2 Å². The molecule has 2 amide bonds. The Kier molecular flexibility index (Phi) is 3.92. The van der Waals surface area contributed by atoms with Crippen LogP contribution >= 0.6 is 0 Å². The Hall–Kier alpha value is -1.91. The molecule has 0 spiro atoms. The predicted octanol–water partition coefficient (Wildman–Crippen LogP) is 2.33. The van der Waals surface area contributed by atoms with Gasteiger partial charge in [0.1, 0.15) is 11.5 Å². The van der Waals surface area contributed by atoms with Gasteiger partial charge in [-0.3, -0.25) is 0 Å². The molecule has 0 saturated carbocycles. The minimum absolute atomic E-state index is 0.0732. The fourth-order valence-corrected chi connectivity index (χ4v) is 2.02. The quantitative estimate of drug-likeness (QED) is 0.895. The lowest BCUT2D eigenvalue weighted by Gasteiger charge is -2.17. The van der Waals surface area contributed by atoms with Crippen molar-refractivity contribution in [1.82, 2.24) is 4.90 Å². The van der Waals surface area contributed by atoms with Crippen LogP contribution in [-0.2, 0) is 0 Å². The molecule has 1 N–H and O–H groups in total. The average Bonchev–Trinajstić information content (AvgIpc) is 2.93. The molecule has 0 radical (unpaired) electrons. The van der Waals surface area contributed by atoms with E-state index in [1.54, 1.807) is 32.4 Å². The third-order valence-electron chi connectivity index (χ3n) is 3.04. The van der Waals surface area contributed by atoms with Crippen LogP contribution in [0, 0.1) is 0 Å². The van der Waals surface area contributed by atoms with Gasteiger partial charge in [-0.25, -0.2) is 4.79 Å². The zero-order valence-electron chi connectivity index (χ0n) is 10.7. The Morgan fingerprint density at radius 3 is 2.56 bits per heavy atom. The van der Waals surface area contributed by atoms with Crippen molar-refractivity contribution in [2.24, 2.45) is 0 Å². The van der Waals surface area contributed by atoms with E-state index in [0.717, 1.165) is 25.9 Å². The molecule has 1 fully saturated rings. The first kappa shape index (κ1) is 12.5. The second kappa shape index (κ2) is 5.62. The molecule has 0 unspecified atom stereocenters. The van der Waals surface area contributed by atoms with Crippen LogP contribution in [0.2, 0.25) is 0 Å². The highest BCUT2D eigenvalue weighted by Gasteiger charge is 2.19. The fraction of sp³-hybridized carbons (Fsp3) is 0.462. The van der Waals surface area contributed by atoms with Crippen LogP contribution in [0.3, 0.4) is 0 Å². The summed E-state index contributed by atoms with van der Waals surface area (Å²) in [5, 5.41) is 2.86. The highest BCUT2D eigenvalue weighted by Crippen LogP contribution is 2.29. The number of carbonyl (C=O) groups is 1. The van der Waals surface area contributed by atoms with Gasteiger partial charge in [0.05, 0.1) is 19.9 Å². The van der Waals surface area contributed by atoms with Crippen LogP contribution in [-0.4, -0.2) is 38.2 Å². The monoisotopic (exact) mass is 250 g/mol. The number of urea groups is 1. The summed E-state index contributed by atoms with van der Waals surface area (Å²) >= 11 is 0. The third kappa shape index (κ3) is 2.67. The SMILES string of the molecule is COc1ccc(NC(=O)N2CCCC2)c(OC)c1. The van der Waals surface area contributed by atoms with Gasteiger partial charge < -0.3 is 19.7 Å². The average molecular weight is 250 g/mol. The van der Waals surface area contributed by atoms with Crippen LogP contribution in [0.25, 0.3) is 0 Å². The molecule has 2 rings (SSSR count). The van der Waals surface area contributed by atoms with E-state index in [9.17, 15) is 4.79 Å². The van der Waals surface area contributed by atoms with Crippen molar-refractivity contribution < 1.29 is 14.3 Å². The molecular weight excluding hydrogens is 232 g/mol. The van der Waals surface area contributed by atoms with Crippen molar-refractivity contribution in [2.45, 2.75) is 12.8 Å². The summed E-state index contributed by atoms with van der Waals surface area (Å²) in [6.07, 6.45) is 2.15.